The second kappa shape index (κ2) is 16.7. The molecule has 0 saturated heterocycles. The highest BCUT2D eigenvalue weighted by atomic mass is 16.3. The predicted octanol–water partition coefficient (Wildman–Crippen LogP) is 11.2. The molecular weight excluding hydrogens is 685 g/mol. The molecule has 5 N–H and O–H groups in total. The van der Waals surface area contributed by atoms with Crippen molar-refractivity contribution in [2.45, 2.75) is 63.2 Å². The Bertz CT molecular complexity index is 2390. The number of nitrogens with one attached hydrogen (secondary N) is 3. The van der Waals surface area contributed by atoms with E-state index in [1.165, 1.54) is 44.3 Å². The molecule has 56 heavy (non-hydrogen) atoms. The van der Waals surface area contributed by atoms with Gasteiger partial charge in [-0.05, 0) is 109 Å². The fraction of sp³-hybridized carbons (Fsp3) is 0.255. The average Bonchev–Trinajstić information content (AvgIpc) is 3.64. The van der Waals surface area contributed by atoms with Gasteiger partial charge >= 0.3 is 0 Å². The lowest BCUT2D eigenvalue weighted by atomic mass is 9.81. The summed E-state index contributed by atoms with van der Waals surface area (Å²) in [5, 5.41) is 13.8. The third kappa shape index (κ3) is 8.08. The van der Waals surface area contributed by atoms with Crippen LogP contribution in [0, 0.1) is 11.8 Å². The van der Waals surface area contributed by atoms with E-state index in [4.69, 9.17) is 10.2 Å². The Morgan fingerprint density at radius 2 is 1.61 bits per heavy atom. The Hall–Kier alpha value is -5.46. The molecule has 5 heteroatoms. The lowest BCUT2D eigenvalue weighted by molar-refractivity contribution is 0.400. The van der Waals surface area contributed by atoms with E-state index in [-0.39, 0.29) is 12.3 Å². The number of allylic oxidation sites excluding steroid dienone is 15. The van der Waals surface area contributed by atoms with E-state index in [1.807, 2.05) is 18.2 Å². The smallest absolute Gasteiger partial charge is 0.135 e. The van der Waals surface area contributed by atoms with Crippen molar-refractivity contribution in [3.05, 3.63) is 203 Å². The summed E-state index contributed by atoms with van der Waals surface area (Å²) in [5.74, 6) is 1.11. The highest BCUT2D eigenvalue weighted by molar-refractivity contribution is 6.05. The molecule has 0 amide bonds. The molecule has 0 saturated carbocycles. The van der Waals surface area contributed by atoms with E-state index >= 15 is 0 Å². The molecular formula is C51H52N4O. The van der Waals surface area contributed by atoms with Gasteiger partial charge in [0.05, 0.1) is 12.3 Å². The molecule has 0 spiro atoms. The van der Waals surface area contributed by atoms with E-state index in [0.717, 1.165) is 73.9 Å². The number of furan rings is 1. The van der Waals surface area contributed by atoms with Crippen molar-refractivity contribution in [3.8, 4) is 0 Å². The molecule has 5 unspecified atom stereocenters. The summed E-state index contributed by atoms with van der Waals surface area (Å²) in [4.78, 5) is 0. The molecule has 1 heterocycles. The summed E-state index contributed by atoms with van der Waals surface area (Å²) in [7, 11) is 0. The normalized spacial score (nSPS) is 23.2. The van der Waals surface area contributed by atoms with Crippen molar-refractivity contribution in [3.63, 3.8) is 0 Å². The molecule has 5 atom stereocenters. The number of para-hydroxylation sites is 1. The van der Waals surface area contributed by atoms with Crippen molar-refractivity contribution in [1.82, 2.24) is 16.0 Å². The van der Waals surface area contributed by atoms with Crippen molar-refractivity contribution >= 4 is 21.9 Å². The van der Waals surface area contributed by atoms with Gasteiger partial charge in [0, 0.05) is 40.5 Å². The van der Waals surface area contributed by atoms with E-state index in [1.54, 1.807) is 0 Å². The molecule has 0 radical (unpaired) electrons. The van der Waals surface area contributed by atoms with Gasteiger partial charge in [0.2, 0.25) is 0 Å². The number of fused-ring (bicyclic) bond motifs is 3. The fourth-order valence-electron chi connectivity index (χ4n) is 8.86. The topological polar surface area (TPSA) is 75.2 Å². The van der Waals surface area contributed by atoms with Crippen LogP contribution in [0.25, 0.3) is 21.9 Å². The Kier molecular flexibility index (Phi) is 10.8. The first kappa shape index (κ1) is 36.2. The van der Waals surface area contributed by atoms with Crippen LogP contribution in [0.1, 0.15) is 68.2 Å². The second-order valence-electron chi connectivity index (χ2n) is 15.7. The molecule has 0 fully saturated rings. The highest BCUT2D eigenvalue weighted by Gasteiger charge is 2.25. The van der Waals surface area contributed by atoms with Crippen LogP contribution in [0.15, 0.2) is 196 Å². The summed E-state index contributed by atoms with van der Waals surface area (Å²) in [5.41, 5.74) is 19.0. The van der Waals surface area contributed by atoms with E-state index in [9.17, 15) is 0 Å². The van der Waals surface area contributed by atoms with Gasteiger partial charge in [-0.1, -0.05) is 133 Å². The van der Waals surface area contributed by atoms with Crippen LogP contribution >= 0.6 is 0 Å². The van der Waals surface area contributed by atoms with Gasteiger partial charge in [-0.15, -0.1) is 0 Å². The van der Waals surface area contributed by atoms with Crippen LogP contribution in [0.2, 0.25) is 0 Å². The largest absolute Gasteiger partial charge is 0.456 e. The molecule has 9 rings (SSSR count). The van der Waals surface area contributed by atoms with Crippen molar-refractivity contribution in [1.29, 1.82) is 0 Å². The Morgan fingerprint density at radius 1 is 0.750 bits per heavy atom. The van der Waals surface area contributed by atoms with Crippen molar-refractivity contribution < 1.29 is 4.42 Å². The SMILES string of the molecule is NC(NC(NCC1C=CC=CC1)C1=CC(C2=CC(C3=C(NC4=CC(c5ccc6oc7ccccc7c6c5)CC=C4)C=CCC3)=CCC2)CC=C1)c1ccccc1. The van der Waals surface area contributed by atoms with Crippen molar-refractivity contribution in [2.24, 2.45) is 17.6 Å². The zero-order valence-electron chi connectivity index (χ0n) is 32.0. The van der Waals surface area contributed by atoms with E-state index in [2.05, 4.69) is 156 Å². The number of rotatable bonds is 12. The number of nitrogens with two attached hydrogens (primary N) is 1. The van der Waals surface area contributed by atoms with Crippen LogP contribution in [-0.2, 0) is 0 Å². The summed E-state index contributed by atoms with van der Waals surface area (Å²) in [6.07, 6.45) is 39.4. The molecule has 0 aliphatic heterocycles. The third-order valence-electron chi connectivity index (χ3n) is 11.9. The lowest BCUT2D eigenvalue weighted by Crippen LogP contribution is -2.49. The first-order chi connectivity index (χ1) is 27.6. The fourth-order valence-corrected chi connectivity index (χ4v) is 8.86. The number of benzene rings is 3. The maximum Gasteiger partial charge on any atom is 0.135 e. The van der Waals surface area contributed by atoms with Gasteiger partial charge in [0.15, 0.2) is 0 Å². The summed E-state index contributed by atoms with van der Waals surface area (Å²) in [6, 6.07) is 25.3. The Labute approximate surface area is 331 Å². The molecule has 5 nitrogen and oxygen atoms in total. The van der Waals surface area contributed by atoms with Gasteiger partial charge < -0.3 is 15.5 Å². The maximum absolute atomic E-state index is 6.77. The first-order valence-corrected chi connectivity index (χ1v) is 20.5. The minimum absolute atomic E-state index is 0.0636. The second-order valence-corrected chi connectivity index (χ2v) is 15.7. The summed E-state index contributed by atoms with van der Waals surface area (Å²) in [6.45, 7) is 0.881. The molecule has 3 aromatic carbocycles. The Morgan fingerprint density at radius 3 is 2.52 bits per heavy atom. The van der Waals surface area contributed by atoms with Crippen molar-refractivity contribution in [2.75, 3.05) is 6.54 Å². The lowest BCUT2D eigenvalue weighted by Gasteiger charge is -2.31. The monoisotopic (exact) mass is 736 g/mol. The average molecular weight is 737 g/mol. The zero-order chi connectivity index (χ0) is 37.7. The van der Waals surface area contributed by atoms with E-state index in [0.29, 0.717) is 17.8 Å². The maximum atomic E-state index is 6.77. The van der Waals surface area contributed by atoms with Crippen LogP contribution < -0.4 is 21.7 Å². The summed E-state index contributed by atoms with van der Waals surface area (Å²) < 4.78 is 6.12. The molecule has 4 aromatic rings. The van der Waals surface area contributed by atoms with Crippen LogP contribution in [0.3, 0.4) is 0 Å². The third-order valence-corrected chi connectivity index (χ3v) is 11.9. The molecule has 0 bridgehead atoms. The van der Waals surface area contributed by atoms with Gasteiger partial charge in [0.1, 0.15) is 11.2 Å². The minimum atomic E-state index is -0.282. The molecule has 5 aliphatic rings. The molecule has 5 aliphatic carbocycles. The van der Waals surface area contributed by atoms with Gasteiger partial charge in [-0.3, -0.25) is 10.6 Å². The van der Waals surface area contributed by atoms with Crippen LogP contribution in [0.4, 0.5) is 0 Å². The van der Waals surface area contributed by atoms with Gasteiger partial charge in [0.25, 0.3) is 0 Å². The molecule has 282 valence electrons. The quantitative estimate of drug-likeness (QED) is 0.109. The number of hydrogen-bond donors (Lipinski definition) is 4. The standard InChI is InChI=1S/C51H52N4O/c52-50(36-16-5-2-6-17-36)55-51(53-34-35-14-3-1-4-15-35)42-22-12-19-38(31-42)37-18-11-21-41(30-37)44-24-7-9-26-47(44)54-43-23-13-20-39(32-43)40-28-29-49-46(33-40)45-25-8-10-27-48(45)56-49/h1-6,8-10,12-14,16-17,21-23,25-33,35,38-39,50-51,53-55H,7,11,15,18-20,24,34,52H2. The molecule has 1 aromatic heterocycles. The van der Waals surface area contributed by atoms with Crippen LogP contribution in [0.5, 0.6) is 0 Å². The summed E-state index contributed by atoms with van der Waals surface area (Å²) >= 11 is 0. The van der Waals surface area contributed by atoms with Gasteiger partial charge in [-0.2, -0.15) is 0 Å². The first-order valence-electron chi connectivity index (χ1n) is 20.5. The minimum Gasteiger partial charge on any atom is -0.456 e. The van der Waals surface area contributed by atoms with Crippen LogP contribution in [-0.4, -0.2) is 12.7 Å². The zero-order valence-corrected chi connectivity index (χ0v) is 32.0. The number of hydrogen-bond acceptors (Lipinski definition) is 5. The highest BCUT2D eigenvalue weighted by Crippen LogP contribution is 2.37. The van der Waals surface area contributed by atoms with E-state index < -0.39 is 0 Å². The Balaban J connectivity index is 0.941. The predicted molar refractivity (Wildman–Crippen MR) is 232 cm³/mol. The van der Waals surface area contributed by atoms with Gasteiger partial charge in [-0.25, -0.2) is 0 Å².